The molecule has 0 aromatic heterocycles. The fourth-order valence-corrected chi connectivity index (χ4v) is 2.82. The van der Waals surface area contributed by atoms with E-state index in [0.717, 1.165) is 12.1 Å². The molecule has 0 saturated carbocycles. The van der Waals surface area contributed by atoms with Crippen LogP contribution in [0.3, 0.4) is 0 Å². The number of anilines is 2. The Hall–Kier alpha value is -2.59. The highest BCUT2D eigenvalue weighted by Crippen LogP contribution is 2.36. The largest absolute Gasteiger partial charge is 0.418 e. The molecule has 28 heavy (non-hydrogen) atoms. The van der Waals surface area contributed by atoms with Crippen LogP contribution in [0.15, 0.2) is 47.4 Å². The lowest BCUT2D eigenvalue weighted by Crippen LogP contribution is -2.17. The number of benzene rings is 2. The van der Waals surface area contributed by atoms with Crippen molar-refractivity contribution in [1.29, 1.82) is 0 Å². The monoisotopic (exact) mass is 415 g/mol. The topological polar surface area (TPSA) is 101 Å². The van der Waals surface area contributed by atoms with Crippen LogP contribution in [-0.4, -0.2) is 14.3 Å². The Morgan fingerprint density at radius 3 is 2.21 bits per heavy atom. The van der Waals surface area contributed by atoms with Gasteiger partial charge in [-0.15, -0.1) is 0 Å². The Labute approximate surface area is 161 Å². The Morgan fingerprint density at radius 1 is 1.11 bits per heavy atom. The number of nitrogens with two attached hydrogens (primary N) is 1. The Morgan fingerprint density at radius 2 is 1.71 bits per heavy atom. The highest BCUT2D eigenvalue weighted by molar-refractivity contribution is 7.89. The number of hydrogen-bond acceptors (Lipinski definition) is 4. The van der Waals surface area contributed by atoms with Gasteiger partial charge in [-0.2, -0.15) is 13.2 Å². The van der Waals surface area contributed by atoms with Gasteiger partial charge in [0.25, 0.3) is 0 Å². The number of sulfonamides is 1. The molecule has 0 atom stereocenters. The van der Waals surface area contributed by atoms with Crippen LogP contribution in [0.1, 0.15) is 25.0 Å². The molecule has 0 aliphatic heterocycles. The molecule has 0 aliphatic rings. The number of halogens is 3. The zero-order chi connectivity index (χ0) is 21.1. The molecule has 0 unspecified atom stereocenters. The number of amides is 1. The van der Waals surface area contributed by atoms with Gasteiger partial charge >= 0.3 is 6.18 Å². The fraction of sp³-hybridized carbons (Fsp3) is 0.278. The highest BCUT2D eigenvalue weighted by atomic mass is 32.2. The van der Waals surface area contributed by atoms with E-state index < -0.39 is 26.7 Å². The second-order valence-electron chi connectivity index (χ2n) is 6.44. The van der Waals surface area contributed by atoms with Gasteiger partial charge in [-0.3, -0.25) is 4.79 Å². The summed E-state index contributed by atoms with van der Waals surface area (Å²) in [6.45, 7) is 3.58. The minimum Gasteiger partial charge on any atom is -0.380 e. The van der Waals surface area contributed by atoms with E-state index in [1.54, 1.807) is 38.1 Å². The van der Waals surface area contributed by atoms with Gasteiger partial charge in [-0.05, 0) is 35.9 Å². The summed E-state index contributed by atoms with van der Waals surface area (Å²) in [4.78, 5) is 11.0. The first-order valence-corrected chi connectivity index (χ1v) is 9.80. The summed E-state index contributed by atoms with van der Waals surface area (Å²) >= 11 is 0. The fourth-order valence-electron chi connectivity index (χ4n) is 2.28. The molecule has 1 amide bonds. The molecule has 0 saturated heterocycles. The van der Waals surface area contributed by atoms with Crippen molar-refractivity contribution >= 4 is 27.3 Å². The molecule has 0 aliphatic carbocycles. The summed E-state index contributed by atoms with van der Waals surface area (Å²) in [5, 5.41) is 10.3. The van der Waals surface area contributed by atoms with E-state index in [0.29, 0.717) is 17.3 Å². The number of carbonyl (C=O) groups is 1. The minimum atomic E-state index is -4.76. The van der Waals surface area contributed by atoms with E-state index >= 15 is 0 Å². The zero-order valence-corrected chi connectivity index (χ0v) is 16.0. The third-order valence-electron chi connectivity index (χ3n) is 3.85. The summed E-state index contributed by atoms with van der Waals surface area (Å²) in [5.74, 6) is -0.321. The van der Waals surface area contributed by atoms with Gasteiger partial charge in [0.15, 0.2) is 0 Å². The second-order valence-corrected chi connectivity index (χ2v) is 8.01. The normalized spacial score (nSPS) is 12.1. The first-order valence-electron chi connectivity index (χ1n) is 8.25. The molecule has 2 aromatic carbocycles. The predicted molar refractivity (Wildman–Crippen MR) is 100 cm³/mol. The van der Waals surface area contributed by atoms with E-state index in [9.17, 15) is 26.4 Å². The molecule has 4 N–H and O–H groups in total. The SMILES string of the molecule is CC(C)C(=O)Nc1ccc(CNc2ccc(S(N)(=O)=O)cc2C(F)(F)F)cc1. The lowest BCUT2D eigenvalue weighted by atomic mass is 10.1. The molecule has 2 rings (SSSR count). The Bertz CT molecular complexity index is 956. The molecule has 6 nitrogen and oxygen atoms in total. The number of primary sulfonamides is 1. The van der Waals surface area contributed by atoms with Crippen LogP contribution in [0, 0.1) is 5.92 Å². The van der Waals surface area contributed by atoms with Crippen molar-refractivity contribution in [1.82, 2.24) is 0 Å². The van der Waals surface area contributed by atoms with Gasteiger partial charge in [-0.1, -0.05) is 26.0 Å². The van der Waals surface area contributed by atoms with Gasteiger partial charge in [0.2, 0.25) is 15.9 Å². The Balaban J connectivity index is 2.17. The number of alkyl halides is 3. The van der Waals surface area contributed by atoms with E-state index in [-0.39, 0.29) is 24.1 Å². The lowest BCUT2D eigenvalue weighted by molar-refractivity contribution is -0.137. The van der Waals surface area contributed by atoms with Gasteiger partial charge in [0.1, 0.15) is 0 Å². The maximum absolute atomic E-state index is 13.3. The predicted octanol–water partition coefficient (Wildman–Crippen LogP) is 3.56. The molecule has 10 heteroatoms. The van der Waals surface area contributed by atoms with Gasteiger partial charge in [0, 0.05) is 23.8 Å². The van der Waals surface area contributed by atoms with Crippen LogP contribution < -0.4 is 15.8 Å². The van der Waals surface area contributed by atoms with Gasteiger partial charge in [-0.25, -0.2) is 13.6 Å². The van der Waals surface area contributed by atoms with E-state index in [2.05, 4.69) is 10.6 Å². The lowest BCUT2D eigenvalue weighted by Gasteiger charge is -2.16. The van der Waals surface area contributed by atoms with Crippen LogP contribution in [0.25, 0.3) is 0 Å². The summed E-state index contributed by atoms with van der Waals surface area (Å²) in [6.07, 6.45) is -4.76. The van der Waals surface area contributed by atoms with Crippen molar-refractivity contribution in [2.45, 2.75) is 31.5 Å². The van der Waals surface area contributed by atoms with Crippen molar-refractivity contribution in [3.05, 3.63) is 53.6 Å². The van der Waals surface area contributed by atoms with Gasteiger partial charge < -0.3 is 10.6 Å². The number of rotatable bonds is 6. The molecule has 0 fully saturated rings. The third kappa shape index (κ3) is 5.70. The number of carbonyl (C=O) groups excluding carboxylic acids is 1. The maximum Gasteiger partial charge on any atom is 0.418 e. The van der Waals surface area contributed by atoms with Crippen LogP contribution in [0.5, 0.6) is 0 Å². The maximum atomic E-state index is 13.3. The standard InChI is InChI=1S/C18H20F3N3O3S/c1-11(2)17(25)24-13-5-3-12(4-6-13)10-23-16-8-7-14(28(22,26)27)9-15(16)18(19,20)21/h3-9,11,23H,10H2,1-2H3,(H,24,25)(H2,22,26,27). The van der Waals surface area contributed by atoms with Crippen molar-refractivity contribution in [3.8, 4) is 0 Å². The molecular formula is C18H20F3N3O3S. The molecule has 2 aromatic rings. The first-order chi connectivity index (χ1) is 12.9. The van der Waals surface area contributed by atoms with Crippen LogP contribution >= 0.6 is 0 Å². The Kier molecular flexibility index (Phi) is 6.35. The van der Waals surface area contributed by atoms with Crippen LogP contribution in [0.2, 0.25) is 0 Å². The van der Waals surface area contributed by atoms with Crippen molar-refractivity contribution < 1.29 is 26.4 Å². The van der Waals surface area contributed by atoms with Gasteiger partial charge in [0.05, 0.1) is 10.5 Å². The van der Waals surface area contributed by atoms with E-state index in [4.69, 9.17) is 5.14 Å². The van der Waals surface area contributed by atoms with Crippen molar-refractivity contribution in [2.24, 2.45) is 11.1 Å². The quantitative estimate of drug-likeness (QED) is 0.671. The third-order valence-corrected chi connectivity index (χ3v) is 4.76. The van der Waals surface area contributed by atoms with Crippen LogP contribution in [0.4, 0.5) is 24.5 Å². The zero-order valence-electron chi connectivity index (χ0n) is 15.2. The smallest absolute Gasteiger partial charge is 0.380 e. The average Bonchev–Trinajstić information content (AvgIpc) is 2.59. The first kappa shape index (κ1) is 21.7. The number of hydrogen-bond donors (Lipinski definition) is 3. The molecule has 0 bridgehead atoms. The summed E-state index contributed by atoms with van der Waals surface area (Å²) < 4.78 is 62.4. The summed E-state index contributed by atoms with van der Waals surface area (Å²) in [5.41, 5.74) is -0.140. The average molecular weight is 415 g/mol. The summed E-state index contributed by atoms with van der Waals surface area (Å²) in [6, 6.07) is 9.15. The van der Waals surface area contributed by atoms with Crippen LogP contribution in [-0.2, 0) is 27.5 Å². The van der Waals surface area contributed by atoms with Crippen molar-refractivity contribution in [3.63, 3.8) is 0 Å². The molecule has 0 heterocycles. The second kappa shape index (κ2) is 8.19. The molecular weight excluding hydrogens is 395 g/mol. The summed E-state index contributed by atoms with van der Waals surface area (Å²) in [7, 11) is -4.25. The molecule has 152 valence electrons. The van der Waals surface area contributed by atoms with Crippen molar-refractivity contribution in [2.75, 3.05) is 10.6 Å². The highest BCUT2D eigenvalue weighted by Gasteiger charge is 2.34. The van der Waals surface area contributed by atoms with E-state index in [1.165, 1.54) is 0 Å². The molecule has 0 radical (unpaired) electrons. The number of nitrogens with one attached hydrogen (secondary N) is 2. The molecule has 0 spiro atoms. The minimum absolute atomic E-state index is 0.0657. The van der Waals surface area contributed by atoms with E-state index in [1.807, 2.05) is 0 Å².